The van der Waals surface area contributed by atoms with Gasteiger partial charge in [-0.25, -0.2) is 4.39 Å². The van der Waals surface area contributed by atoms with Crippen LogP contribution in [0.25, 0.3) is 0 Å². The molecule has 0 bridgehead atoms. The standard InChI is InChI=1S/C14H17FOS/c15-13-6-12(9-16)7-14(8-13)17-10-11-4-2-1-3-5-11/h6-9,11H,1-5,10H2. The van der Waals surface area contributed by atoms with E-state index in [1.807, 2.05) is 0 Å². The van der Waals surface area contributed by atoms with E-state index in [9.17, 15) is 9.18 Å². The highest BCUT2D eigenvalue weighted by Gasteiger charge is 2.13. The highest BCUT2D eigenvalue weighted by molar-refractivity contribution is 7.99. The summed E-state index contributed by atoms with van der Waals surface area (Å²) in [6.45, 7) is 0. The minimum absolute atomic E-state index is 0.319. The van der Waals surface area contributed by atoms with Crippen LogP contribution in [-0.4, -0.2) is 12.0 Å². The van der Waals surface area contributed by atoms with Crippen LogP contribution >= 0.6 is 11.8 Å². The SMILES string of the molecule is O=Cc1cc(F)cc(SCC2CCCCC2)c1. The van der Waals surface area contributed by atoms with Crippen LogP contribution in [0, 0.1) is 11.7 Å². The molecule has 0 aromatic heterocycles. The van der Waals surface area contributed by atoms with Crippen molar-refractivity contribution in [1.29, 1.82) is 0 Å². The second-order valence-corrected chi connectivity index (χ2v) is 5.75. The highest BCUT2D eigenvalue weighted by atomic mass is 32.2. The summed E-state index contributed by atoms with van der Waals surface area (Å²) in [6.07, 6.45) is 7.30. The molecule has 1 aliphatic carbocycles. The first-order valence-corrected chi connectivity index (χ1v) is 7.15. The number of rotatable bonds is 4. The number of carbonyl (C=O) groups excluding carboxylic acids is 1. The van der Waals surface area contributed by atoms with Crippen LogP contribution in [0.4, 0.5) is 4.39 Å². The summed E-state index contributed by atoms with van der Waals surface area (Å²) in [6, 6.07) is 4.56. The Balaban J connectivity index is 1.93. The van der Waals surface area contributed by atoms with E-state index in [4.69, 9.17) is 0 Å². The van der Waals surface area contributed by atoms with E-state index in [0.717, 1.165) is 16.6 Å². The molecule has 1 aliphatic rings. The normalized spacial score (nSPS) is 17.0. The molecule has 0 N–H and O–H groups in total. The molecule has 0 amide bonds. The molecule has 0 unspecified atom stereocenters. The predicted molar refractivity (Wildman–Crippen MR) is 69.1 cm³/mol. The van der Waals surface area contributed by atoms with Gasteiger partial charge in [-0.15, -0.1) is 11.8 Å². The van der Waals surface area contributed by atoms with Gasteiger partial charge in [0, 0.05) is 16.2 Å². The predicted octanol–water partition coefficient (Wildman–Crippen LogP) is 4.31. The van der Waals surface area contributed by atoms with E-state index in [0.29, 0.717) is 11.8 Å². The van der Waals surface area contributed by atoms with Crippen LogP contribution in [0.5, 0.6) is 0 Å². The number of hydrogen-bond donors (Lipinski definition) is 0. The van der Waals surface area contributed by atoms with Crippen LogP contribution in [-0.2, 0) is 0 Å². The number of hydrogen-bond acceptors (Lipinski definition) is 2. The number of halogens is 1. The minimum Gasteiger partial charge on any atom is -0.298 e. The number of aldehydes is 1. The Labute approximate surface area is 106 Å². The van der Waals surface area contributed by atoms with Gasteiger partial charge in [0.05, 0.1) is 0 Å². The van der Waals surface area contributed by atoms with Gasteiger partial charge in [0.2, 0.25) is 0 Å². The van der Waals surface area contributed by atoms with Crippen LogP contribution < -0.4 is 0 Å². The molecular formula is C14H17FOS. The number of carbonyl (C=O) groups is 1. The van der Waals surface area contributed by atoms with Gasteiger partial charge in [0.25, 0.3) is 0 Å². The van der Waals surface area contributed by atoms with Crippen molar-refractivity contribution in [3.05, 3.63) is 29.6 Å². The Morgan fingerprint density at radius 2 is 2.00 bits per heavy atom. The monoisotopic (exact) mass is 252 g/mol. The molecule has 0 spiro atoms. The quantitative estimate of drug-likeness (QED) is 0.586. The van der Waals surface area contributed by atoms with Gasteiger partial charge < -0.3 is 0 Å². The fourth-order valence-electron chi connectivity index (χ4n) is 2.30. The Morgan fingerprint density at radius 3 is 2.71 bits per heavy atom. The van der Waals surface area contributed by atoms with E-state index >= 15 is 0 Å². The van der Waals surface area contributed by atoms with Gasteiger partial charge in [-0.1, -0.05) is 19.3 Å². The Kier molecular flexibility index (Phi) is 4.60. The van der Waals surface area contributed by atoms with Crippen LogP contribution in [0.1, 0.15) is 42.5 Å². The number of thioether (sulfide) groups is 1. The lowest BCUT2D eigenvalue weighted by Crippen LogP contribution is -2.08. The largest absolute Gasteiger partial charge is 0.298 e. The van der Waals surface area contributed by atoms with E-state index in [1.54, 1.807) is 17.8 Å². The van der Waals surface area contributed by atoms with Crippen molar-refractivity contribution in [3.8, 4) is 0 Å². The topological polar surface area (TPSA) is 17.1 Å². The smallest absolute Gasteiger partial charge is 0.150 e. The zero-order valence-corrected chi connectivity index (χ0v) is 10.6. The van der Waals surface area contributed by atoms with Gasteiger partial charge in [-0.3, -0.25) is 4.79 Å². The fraction of sp³-hybridized carbons (Fsp3) is 0.500. The van der Waals surface area contributed by atoms with Crippen molar-refractivity contribution in [2.75, 3.05) is 5.75 Å². The summed E-state index contributed by atoms with van der Waals surface area (Å²) in [7, 11) is 0. The fourth-order valence-corrected chi connectivity index (χ4v) is 3.48. The summed E-state index contributed by atoms with van der Waals surface area (Å²) in [5.41, 5.74) is 0.427. The van der Waals surface area contributed by atoms with Crippen molar-refractivity contribution in [1.82, 2.24) is 0 Å². The first-order chi connectivity index (χ1) is 8.28. The summed E-state index contributed by atoms with van der Waals surface area (Å²) in [4.78, 5) is 11.5. The molecule has 3 heteroatoms. The highest BCUT2D eigenvalue weighted by Crippen LogP contribution is 2.30. The van der Waals surface area contributed by atoms with E-state index in [2.05, 4.69) is 0 Å². The molecular weight excluding hydrogens is 235 g/mol. The summed E-state index contributed by atoms with van der Waals surface area (Å²) in [5.74, 6) is 1.49. The lowest BCUT2D eigenvalue weighted by molar-refractivity contribution is 0.112. The molecule has 1 aromatic rings. The number of benzene rings is 1. The van der Waals surface area contributed by atoms with E-state index in [-0.39, 0.29) is 5.82 Å². The lowest BCUT2D eigenvalue weighted by atomic mass is 9.91. The molecule has 1 saturated carbocycles. The maximum Gasteiger partial charge on any atom is 0.150 e. The zero-order chi connectivity index (χ0) is 12.1. The van der Waals surface area contributed by atoms with Crippen molar-refractivity contribution >= 4 is 18.0 Å². The van der Waals surface area contributed by atoms with Crippen molar-refractivity contribution in [2.45, 2.75) is 37.0 Å². The average molecular weight is 252 g/mol. The van der Waals surface area contributed by atoms with Gasteiger partial charge in [0.1, 0.15) is 12.1 Å². The third kappa shape index (κ3) is 3.84. The molecule has 0 saturated heterocycles. The van der Waals surface area contributed by atoms with E-state index in [1.165, 1.54) is 44.2 Å². The molecule has 92 valence electrons. The van der Waals surface area contributed by atoms with Crippen molar-refractivity contribution in [3.63, 3.8) is 0 Å². The maximum atomic E-state index is 13.2. The maximum absolute atomic E-state index is 13.2. The molecule has 2 rings (SSSR count). The first-order valence-electron chi connectivity index (χ1n) is 6.16. The van der Waals surface area contributed by atoms with Crippen LogP contribution in [0.2, 0.25) is 0 Å². The molecule has 17 heavy (non-hydrogen) atoms. The molecule has 1 fully saturated rings. The zero-order valence-electron chi connectivity index (χ0n) is 9.82. The van der Waals surface area contributed by atoms with Gasteiger partial charge >= 0.3 is 0 Å². The van der Waals surface area contributed by atoms with Crippen LogP contribution in [0.15, 0.2) is 23.1 Å². The molecule has 0 atom stereocenters. The first kappa shape index (κ1) is 12.6. The second kappa shape index (κ2) is 6.20. The summed E-state index contributed by atoms with van der Waals surface area (Å²) < 4.78 is 13.2. The molecule has 0 radical (unpaired) electrons. The average Bonchev–Trinajstić information content (AvgIpc) is 2.37. The van der Waals surface area contributed by atoms with Gasteiger partial charge in [-0.05, 0) is 37.0 Å². The Hall–Kier alpha value is -0.830. The minimum atomic E-state index is -0.319. The summed E-state index contributed by atoms with van der Waals surface area (Å²) in [5, 5.41) is 0. The molecule has 0 heterocycles. The molecule has 1 aromatic carbocycles. The molecule has 1 nitrogen and oxygen atoms in total. The molecule has 0 aliphatic heterocycles. The summed E-state index contributed by atoms with van der Waals surface area (Å²) >= 11 is 1.67. The van der Waals surface area contributed by atoms with Crippen LogP contribution in [0.3, 0.4) is 0 Å². The van der Waals surface area contributed by atoms with Crippen molar-refractivity contribution < 1.29 is 9.18 Å². The lowest BCUT2D eigenvalue weighted by Gasteiger charge is -2.20. The Morgan fingerprint density at radius 1 is 1.24 bits per heavy atom. The van der Waals surface area contributed by atoms with Gasteiger partial charge in [-0.2, -0.15) is 0 Å². The van der Waals surface area contributed by atoms with Crippen molar-refractivity contribution in [2.24, 2.45) is 5.92 Å². The third-order valence-electron chi connectivity index (χ3n) is 3.24. The van der Waals surface area contributed by atoms with E-state index < -0.39 is 0 Å². The van der Waals surface area contributed by atoms with Gasteiger partial charge in [0.15, 0.2) is 0 Å². The Bertz CT molecular complexity index is 386. The third-order valence-corrected chi connectivity index (χ3v) is 4.45. The second-order valence-electron chi connectivity index (χ2n) is 4.65.